The Bertz CT molecular complexity index is 346. The highest BCUT2D eigenvalue weighted by atomic mass is 79.9. The third-order valence-electron chi connectivity index (χ3n) is 2.53. The summed E-state index contributed by atoms with van der Waals surface area (Å²) >= 11 is 3.37. The van der Waals surface area contributed by atoms with E-state index in [-0.39, 0.29) is 0 Å². The minimum atomic E-state index is 0.549. The first-order chi connectivity index (χ1) is 6.22. The van der Waals surface area contributed by atoms with Gasteiger partial charge in [-0.05, 0) is 34.7 Å². The first-order valence-electron chi connectivity index (χ1n) is 4.42. The number of carbonyl (C=O) groups excluding carboxylic acids is 1. The molecule has 0 amide bonds. The predicted octanol–water partition coefficient (Wildman–Crippen LogP) is 2.04. The molecule has 1 aliphatic heterocycles. The van der Waals surface area contributed by atoms with Crippen LogP contribution in [0.3, 0.4) is 0 Å². The molecule has 1 aliphatic rings. The lowest BCUT2D eigenvalue weighted by atomic mass is 10.0. The zero-order valence-corrected chi connectivity index (χ0v) is 9.04. The molecule has 1 aromatic rings. The maximum absolute atomic E-state index is 10.7. The number of aromatic nitrogens is 2. The summed E-state index contributed by atoms with van der Waals surface area (Å²) in [5.74, 6) is 1.20. The van der Waals surface area contributed by atoms with Gasteiger partial charge in [-0.25, -0.2) is 4.98 Å². The topological polar surface area (TPSA) is 34.9 Å². The molecule has 70 valence electrons. The van der Waals surface area contributed by atoms with E-state index in [0.29, 0.717) is 11.7 Å². The minimum Gasteiger partial charge on any atom is -0.324 e. The van der Waals surface area contributed by atoms with Crippen molar-refractivity contribution in [2.24, 2.45) is 5.92 Å². The molecule has 0 fully saturated rings. The van der Waals surface area contributed by atoms with E-state index in [1.54, 1.807) is 0 Å². The van der Waals surface area contributed by atoms with Crippen molar-refractivity contribution >= 4 is 22.2 Å². The SMILES string of the molecule is CC1CCc2c(Br)nc(C=O)n2C1. The van der Waals surface area contributed by atoms with Crippen LogP contribution in [-0.4, -0.2) is 15.8 Å². The van der Waals surface area contributed by atoms with Gasteiger partial charge in [0.2, 0.25) is 0 Å². The summed E-state index contributed by atoms with van der Waals surface area (Å²) in [5, 5.41) is 0. The predicted molar refractivity (Wildman–Crippen MR) is 52.8 cm³/mol. The lowest BCUT2D eigenvalue weighted by Gasteiger charge is -2.21. The van der Waals surface area contributed by atoms with E-state index in [0.717, 1.165) is 23.9 Å². The van der Waals surface area contributed by atoms with Gasteiger partial charge >= 0.3 is 0 Å². The molecule has 0 N–H and O–H groups in total. The van der Waals surface area contributed by atoms with E-state index in [1.165, 1.54) is 12.1 Å². The second-order valence-corrected chi connectivity index (χ2v) is 4.33. The smallest absolute Gasteiger partial charge is 0.185 e. The number of hydrogen-bond acceptors (Lipinski definition) is 2. The van der Waals surface area contributed by atoms with Gasteiger partial charge in [0.05, 0.1) is 5.69 Å². The Morgan fingerprint density at radius 3 is 3.15 bits per heavy atom. The number of aldehydes is 1. The van der Waals surface area contributed by atoms with Gasteiger partial charge in [0.25, 0.3) is 0 Å². The summed E-state index contributed by atoms with van der Waals surface area (Å²) in [7, 11) is 0. The fraction of sp³-hybridized carbons (Fsp3) is 0.556. The largest absolute Gasteiger partial charge is 0.324 e. The average Bonchev–Trinajstić information content (AvgIpc) is 2.42. The molecule has 1 aromatic heterocycles. The van der Waals surface area contributed by atoms with Crippen LogP contribution < -0.4 is 0 Å². The van der Waals surface area contributed by atoms with E-state index < -0.39 is 0 Å². The highest BCUT2D eigenvalue weighted by Gasteiger charge is 2.21. The van der Waals surface area contributed by atoms with Crippen molar-refractivity contribution in [1.29, 1.82) is 0 Å². The van der Waals surface area contributed by atoms with Crippen molar-refractivity contribution in [2.75, 3.05) is 0 Å². The molecule has 1 atom stereocenters. The Labute approximate surface area is 85.3 Å². The van der Waals surface area contributed by atoms with Gasteiger partial charge < -0.3 is 4.57 Å². The van der Waals surface area contributed by atoms with Crippen molar-refractivity contribution in [1.82, 2.24) is 9.55 Å². The fourth-order valence-electron chi connectivity index (χ4n) is 1.79. The summed E-state index contributed by atoms with van der Waals surface area (Å²) in [6.45, 7) is 3.12. The van der Waals surface area contributed by atoms with Crippen molar-refractivity contribution in [3.63, 3.8) is 0 Å². The molecule has 0 saturated heterocycles. The summed E-state index contributed by atoms with van der Waals surface area (Å²) in [5.41, 5.74) is 1.17. The van der Waals surface area contributed by atoms with Gasteiger partial charge in [0.15, 0.2) is 12.1 Å². The number of halogens is 1. The Kier molecular flexibility index (Phi) is 2.24. The molecule has 2 heterocycles. The monoisotopic (exact) mass is 242 g/mol. The standard InChI is InChI=1S/C9H11BrN2O/c1-6-2-3-7-9(10)11-8(5-13)12(7)4-6/h5-6H,2-4H2,1H3. The van der Waals surface area contributed by atoms with Crippen molar-refractivity contribution in [2.45, 2.75) is 26.3 Å². The quantitative estimate of drug-likeness (QED) is 0.707. The molecular formula is C9H11BrN2O. The van der Waals surface area contributed by atoms with Crippen molar-refractivity contribution < 1.29 is 4.79 Å². The zero-order chi connectivity index (χ0) is 9.42. The second-order valence-electron chi connectivity index (χ2n) is 3.58. The van der Waals surface area contributed by atoms with Crippen LogP contribution in [0.15, 0.2) is 4.60 Å². The molecule has 4 heteroatoms. The molecule has 0 aromatic carbocycles. The molecule has 13 heavy (non-hydrogen) atoms. The van der Waals surface area contributed by atoms with Crippen LogP contribution in [0.1, 0.15) is 29.7 Å². The minimum absolute atomic E-state index is 0.549. The maximum Gasteiger partial charge on any atom is 0.185 e. The molecule has 3 nitrogen and oxygen atoms in total. The van der Waals surface area contributed by atoms with Gasteiger partial charge in [-0.1, -0.05) is 6.92 Å². The summed E-state index contributed by atoms with van der Waals surface area (Å²) in [4.78, 5) is 14.9. The number of carbonyl (C=O) groups is 1. The van der Waals surface area contributed by atoms with Crippen LogP contribution in [0.25, 0.3) is 0 Å². The van der Waals surface area contributed by atoms with Gasteiger partial charge in [-0.3, -0.25) is 4.79 Å². The van der Waals surface area contributed by atoms with E-state index in [2.05, 4.69) is 27.8 Å². The van der Waals surface area contributed by atoms with Crippen LogP contribution in [0.4, 0.5) is 0 Å². The number of rotatable bonds is 1. The van der Waals surface area contributed by atoms with Crippen molar-refractivity contribution in [3.05, 3.63) is 16.1 Å². The molecular weight excluding hydrogens is 232 g/mol. The van der Waals surface area contributed by atoms with Crippen LogP contribution in [0.5, 0.6) is 0 Å². The Morgan fingerprint density at radius 2 is 2.46 bits per heavy atom. The van der Waals surface area contributed by atoms with Crippen LogP contribution >= 0.6 is 15.9 Å². The number of fused-ring (bicyclic) bond motifs is 1. The summed E-state index contributed by atoms with van der Waals surface area (Å²) in [6.07, 6.45) is 3.03. The van der Waals surface area contributed by atoms with Gasteiger partial charge in [-0.2, -0.15) is 0 Å². The zero-order valence-electron chi connectivity index (χ0n) is 7.46. The maximum atomic E-state index is 10.7. The Balaban J connectivity index is 2.48. The normalized spacial score (nSPS) is 21.2. The van der Waals surface area contributed by atoms with E-state index in [4.69, 9.17) is 0 Å². The number of hydrogen-bond donors (Lipinski definition) is 0. The Hall–Kier alpha value is -0.640. The third-order valence-corrected chi connectivity index (χ3v) is 3.16. The van der Waals surface area contributed by atoms with E-state index in [1.807, 2.05) is 4.57 Å². The lowest BCUT2D eigenvalue weighted by molar-refractivity contribution is 0.110. The molecule has 0 aliphatic carbocycles. The lowest BCUT2D eigenvalue weighted by Crippen LogP contribution is -2.19. The van der Waals surface area contributed by atoms with Gasteiger partial charge in [-0.15, -0.1) is 0 Å². The number of nitrogens with zero attached hydrogens (tertiary/aromatic N) is 2. The van der Waals surface area contributed by atoms with E-state index in [9.17, 15) is 4.79 Å². The third kappa shape index (κ3) is 1.43. The fourth-order valence-corrected chi connectivity index (χ4v) is 2.39. The Morgan fingerprint density at radius 1 is 1.69 bits per heavy atom. The first-order valence-corrected chi connectivity index (χ1v) is 5.21. The molecule has 1 unspecified atom stereocenters. The van der Waals surface area contributed by atoms with Crippen LogP contribution in [0.2, 0.25) is 0 Å². The molecule has 0 bridgehead atoms. The number of imidazole rings is 1. The molecule has 2 rings (SSSR count). The summed E-state index contributed by atoms with van der Waals surface area (Å²) in [6, 6.07) is 0. The highest BCUT2D eigenvalue weighted by Crippen LogP contribution is 2.26. The molecule has 0 spiro atoms. The second kappa shape index (κ2) is 3.25. The van der Waals surface area contributed by atoms with Gasteiger partial charge in [0.1, 0.15) is 4.60 Å². The average molecular weight is 243 g/mol. The van der Waals surface area contributed by atoms with Crippen LogP contribution in [0, 0.1) is 5.92 Å². The first kappa shape index (κ1) is 8.94. The summed E-state index contributed by atoms with van der Waals surface area (Å²) < 4.78 is 2.85. The van der Waals surface area contributed by atoms with E-state index >= 15 is 0 Å². The highest BCUT2D eigenvalue weighted by molar-refractivity contribution is 9.10. The van der Waals surface area contributed by atoms with Gasteiger partial charge in [0, 0.05) is 6.54 Å². The molecule has 0 radical (unpaired) electrons. The molecule has 0 saturated carbocycles. The van der Waals surface area contributed by atoms with Crippen molar-refractivity contribution in [3.8, 4) is 0 Å². The van der Waals surface area contributed by atoms with Crippen LogP contribution in [-0.2, 0) is 13.0 Å².